The Bertz CT molecular complexity index is 1280. The Hall–Kier alpha value is -3.65. The minimum Gasteiger partial charge on any atom is -0.486 e. The average Bonchev–Trinajstić information content (AvgIpc) is 3.22. The van der Waals surface area contributed by atoms with Crippen LogP contribution < -0.4 is 10.1 Å². The molecule has 1 aromatic carbocycles. The number of nitrogens with zero attached hydrogens (tertiary/aromatic N) is 3. The lowest BCUT2D eigenvalue weighted by Gasteiger charge is -2.44. The van der Waals surface area contributed by atoms with Gasteiger partial charge in [0.15, 0.2) is 23.2 Å². The Balaban J connectivity index is 1.85. The van der Waals surface area contributed by atoms with Crippen LogP contribution in [0.5, 0.6) is 5.75 Å². The fourth-order valence-corrected chi connectivity index (χ4v) is 5.39. The molecule has 1 N–H and O–H groups in total. The molecule has 2 heterocycles. The quantitative estimate of drug-likeness (QED) is 0.312. The second kappa shape index (κ2) is 14.0. The highest BCUT2D eigenvalue weighted by atomic mass is 32.2. The second-order valence-electron chi connectivity index (χ2n) is 10.9. The number of carbonyl (C=O) groups is 4. The van der Waals surface area contributed by atoms with Crippen LogP contribution in [0.2, 0.25) is 0 Å². The van der Waals surface area contributed by atoms with Gasteiger partial charge in [0.2, 0.25) is 5.91 Å². The van der Waals surface area contributed by atoms with Gasteiger partial charge in [0, 0.05) is 34.7 Å². The number of rotatable bonds is 10. The zero-order chi connectivity index (χ0) is 31.2. The van der Waals surface area contributed by atoms with E-state index in [0.29, 0.717) is 16.7 Å². The van der Waals surface area contributed by atoms with Gasteiger partial charge < -0.3 is 33.6 Å². The van der Waals surface area contributed by atoms with Crippen LogP contribution in [0.4, 0.5) is 0 Å². The molecule has 1 fully saturated rings. The van der Waals surface area contributed by atoms with Crippen molar-refractivity contribution in [2.24, 2.45) is 7.05 Å². The maximum Gasteiger partial charge on any atom is 0.303 e. The minimum absolute atomic E-state index is 0.0222. The fourth-order valence-electron chi connectivity index (χ4n) is 4.27. The lowest BCUT2D eigenvalue weighted by molar-refractivity contribution is -0.211. The van der Waals surface area contributed by atoms with Crippen molar-refractivity contribution in [1.29, 1.82) is 0 Å². The summed E-state index contributed by atoms with van der Waals surface area (Å²) >= 11 is 1.10. The molecule has 14 heteroatoms. The summed E-state index contributed by atoms with van der Waals surface area (Å²) in [4.78, 5) is 47.8. The number of ether oxygens (including phenoxy) is 5. The predicted molar refractivity (Wildman–Crippen MR) is 150 cm³/mol. The summed E-state index contributed by atoms with van der Waals surface area (Å²) in [5, 5.41) is 11.7. The maximum absolute atomic E-state index is 12.2. The molecule has 2 aromatic rings. The monoisotopic (exact) mass is 606 g/mol. The number of hydrogen-bond donors (Lipinski definition) is 1. The first-order chi connectivity index (χ1) is 19.6. The number of carbonyl (C=O) groups excluding carboxylic acids is 4. The molecule has 230 valence electrons. The van der Waals surface area contributed by atoms with Crippen molar-refractivity contribution in [3.8, 4) is 5.75 Å². The van der Waals surface area contributed by atoms with Crippen molar-refractivity contribution in [2.45, 2.75) is 95.4 Å². The number of aromatic nitrogens is 3. The summed E-state index contributed by atoms with van der Waals surface area (Å²) in [5.74, 6) is -1.16. The fraction of sp³-hybridized carbons (Fsp3) is 0.571. The van der Waals surface area contributed by atoms with Crippen LogP contribution in [-0.4, -0.2) is 75.0 Å². The van der Waals surface area contributed by atoms with Crippen LogP contribution in [0.1, 0.15) is 59.9 Å². The lowest BCUT2D eigenvalue weighted by Crippen LogP contribution is -2.65. The van der Waals surface area contributed by atoms with E-state index in [4.69, 9.17) is 23.7 Å². The highest BCUT2D eigenvalue weighted by molar-refractivity contribution is 7.99. The van der Waals surface area contributed by atoms with Gasteiger partial charge in [-0.25, -0.2) is 0 Å². The summed E-state index contributed by atoms with van der Waals surface area (Å²) in [7, 11) is 1.75. The van der Waals surface area contributed by atoms with Gasteiger partial charge in [-0.2, -0.15) is 0 Å². The van der Waals surface area contributed by atoms with Gasteiger partial charge in [0.25, 0.3) is 0 Å². The first kappa shape index (κ1) is 32.9. The van der Waals surface area contributed by atoms with Gasteiger partial charge in [0.05, 0.1) is 0 Å². The van der Waals surface area contributed by atoms with Gasteiger partial charge in [-0.15, -0.1) is 10.2 Å². The van der Waals surface area contributed by atoms with E-state index in [1.54, 1.807) is 11.6 Å². The first-order valence-electron chi connectivity index (χ1n) is 13.3. The largest absolute Gasteiger partial charge is 0.486 e. The highest BCUT2D eigenvalue weighted by Crippen LogP contribution is 2.35. The third-order valence-electron chi connectivity index (χ3n) is 6.31. The molecule has 3 rings (SSSR count). The summed E-state index contributed by atoms with van der Waals surface area (Å²) < 4.78 is 30.0. The van der Waals surface area contributed by atoms with Crippen molar-refractivity contribution < 1.29 is 42.9 Å². The van der Waals surface area contributed by atoms with E-state index in [1.807, 2.05) is 24.3 Å². The molecule has 1 aliphatic rings. The Morgan fingerprint density at radius 2 is 1.57 bits per heavy atom. The molecule has 42 heavy (non-hydrogen) atoms. The Kier molecular flexibility index (Phi) is 11.0. The van der Waals surface area contributed by atoms with Crippen LogP contribution in [0.3, 0.4) is 0 Å². The molecule has 0 aliphatic carbocycles. The van der Waals surface area contributed by atoms with Crippen LogP contribution in [0.15, 0.2) is 29.4 Å². The number of amides is 1. The number of thioether (sulfide) groups is 1. The Labute approximate surface area is 248 Å². The summed E-state index contributed by atoms with van der Waals surface area (Å²) in [6.45, 7) is 11.2. The molecule has 0 bridgehead atoms. The second-order valence-corrected chi connectivity index (χ2v) is 11.9. The summed E-state index contributed by atoms with van der Waals surface area (Å²) in [5.41, 5.74) is 0.296. The van der Waals surface area contributed by atoms with Gasteiger partial charge in [-0.3, -0.25) is 19.2 Å². The van der Waals surface area contributed by atoms with E-state index >= 15 is 0 Å². The molecule has 0 spiro atoms. The maximum atomic E-state index is 12.2. The molecule has 0 unspecified atom stereocenters. The average molecular weight is 607 g/mol. The normalized spacial score (nSPS) is 22.1. The lowest BCUT2D eigenvalue weighted by atomic mass is 9.87. The summed E-state index contributed by atoms with van der Waals surface area (Å²) in [6, 6.07) is 6.87. The Morgan fingerprint density at radius 3 is 2.12 bits per heavy atom. The van der Waals surface area contributed by atoms with E-state index in [1.165, 1.54) is 33.3 Å². The zero-order valence-electron chi connectivity index (χ0n) is 25.0. The van der Waals surface area contributed by atoms with Gasteiger partial charge in [-0.1, -0.05) is 44.7 Å². The highest BCUT2D eigenvalue weighted by Gasteiger charge is 2.51. The van der Waals surface area contributed by atoms with Crippen LogP contribution >= 0.6 is 11.8 Å². The van der Waals surface area contributed by atoms with E-state index in [2.05, 4.69) is 36.3 Å². The van der Waals surface area contributed by atoms with Gasteiger partial charge in [-0.05, 0) is 23.1 Å². The molecule has 13 nitrogen and oxygen atoms in total. The molecule has 5 atom stereocenters. The number of esters is 3. The number of benzene rings is 1. The molecular weight excluding hydrogens is 568 g/mol. The first-order valence-corrected chi connectivity index (χ1v) is 14.2. The molecule has 0 radical (unpaired) electrons. The minimum atomic E-state index is -1.17. The predicted octanol–water partition coefficient (Wildman–Crippen LogP) is 2.44. The van der Waals surface area contributed by atoms with Gasteiger partial charge >= 0.3 is 17.9 Å². The molecule has 1 aliphatic heterocycles. The van der Waals surface area contributed by atoms with Crippen LogP contribution in [0, 0.1) is 0 Å². The molecule has 1 aromatic heterocycles. The van der Waals surface area contributed by atoms with Crippen molar-refractivity contribution in [3.63, 3.8) is 0 Å². The molecular formula is C28H38N4O9S. The molecule has 1 amide bonds. The third-order valence-corrected chi connectivity index (χ3v) is 7.51. The van der Waals surface area contributed by atoms with E-state index in [-0.39, 0.29) is 18.6 Å². The van der Waals surface area contributed by atoms with E-state index in [0.717, 1.165) is 11.8 Å². The van der Waals surface area contributed by atoms with Crippen molar-refractivity contribution in [3.05, 3.63) is 35.7 Å². The van der Waals surface area contributed by atoms with Crippen molar-refractivity contribution >= 4 is 35.6 Å². The standard InChI is InChI=1S/C28H38N4O9S/c1-15(33)29-23-25(40-18(4)36)24(39-17(3)35)21(13-37-16(2)34)41-26(23)42-27-31-30-22(32(27)8)14-38-20-11-9-19(10-12-20)28(5,6)7/h9-12,21,23-26H,13-14H2,1-8H3,(H,29,33)/t21-,23-,24-,25-,26+/m1/s1. The Morgan fingerprint density at radius 1 is 0.952 bits per heavy atom. The van der Waals surface area contributed by atoms with Crippen molar-refractivity contribution in [2.75, 3.05) is 6.61 Å². The van der Waals surface area contributed by atoms with E-state index < -0.39 is 53.6 Å². The number of hydrogen-bond acceptors (Lipinski definition) is 12. The topological polar surface area (TPSA) is 157 Å². The van der Waals surface area contributed by atoms with E-state index in [9.17, 15) is 19.2 Å². The third kappa shape index (κ3) is 8.92. The molecule has 0 saturated carbocycles. The van der Waals surface area contributed by atoms with Crippen LogP contribution in [-0.2, 0) is 57.2 Å². The number of nitrogens with one attached hydrogen (secondary N) is 1. The van der Waals surface area contributed by atoms with Crippen molar-refractivity contribution in [1.82, 2.24) is 20.1 Å². The van der Waals surface area contributed by atoms with Gasteiger partial charge in [0.1, 0.15) is 36.5 Å². The molecule has 1 saturated heterocycles. The smallest absolute Gasteiger partial charge is 0.303 e. The summed E-state index contributed by atoms with van der Waals surface area (Å²) in [6.07, 6.45) is -3.35. The van der Waals surface area contributed by atoms with Crippen LogP contribution in [0.25, 0.3) is 0 Å². The zero-order valence-corrected chi connectivity index (χ0v) is 25.9. The SMILES string of the molecule is CC(=O)N[C@@H]1[C@@H](OC(C)=O)[C@H](OC(C)=O)[C@@H](COC(C)=O)O[C@H]1Sc1nnc(COc2ccc(C(C)(C)C)cc2)n1C.